The summed E-state index contributed by atoms with van der Waals surface area (Å²) in [7, 11) is 0. The van der Waals surface area contributed by atoms with Gasteiger partial charge in [-0.2, -0.15) is 0 Å². The maximum Gasteiger partial charge on any atom is 0.303 e. The van der Waals surface area contributed by atoms with Crippen molar-refractivity contribution in [1.82, 2.24) is 4.90 Å². The molecule has 2 unspecified atom stereocenters. The molecule has 0 aromatic carbocycles. The van der Waals surface area contributed by atoms with E-state index in [-0.39, 0.29) is 23.7 Å². The fraction of sp³-hybridized carbons (Fsp3) is 0.867. The van der Waals surface area contributed by atoms with Crippen molar-refractivity contribution in [3.8, 4) is 0 Å². The Morgan fingerprint density at radius 3 is 2.60 bits per heavy atom. The van der Waals surface area contributed by atoms with Gasteiger partial charge in [0.2, 0.25) is 5.91 Å². The predicted octanol–water partition coefficient (Wildman–Crippen LogP) is 1.46. The van der Waals surface area contributed by atoms with Crippen LogP contribution in [0.4, 0.5) is 0 Å². The van der Waals surface area contributed by atoms with Crippen molar-refractivity contribution >= 4 is 11.9 Å². The molecule has 2 rings (SSSR count). The van der Waals surface area contributed by atoms with Crippen LogP contribution in [0.1, 0.15) is 45.4 Å². The third-order valence-corrected chi connectivity index (χ3v) is 5.20. The molecule has 0 radical (unpaired) electrons. The van der Waals surface area contributed by atoms with Crippen LogP contribution in [0.25, 0.3) is 0 Å². The first-order valence-electron chi connectivity index (χ1n) is 7.70. The molecular weight excluding hydrogens is 256 g/mol. The summed E-state index contributed by atoms with van der Waals surface area (Å²) in [5.74, 6) is -0.117. The molecule has 1 saturated carbocycles. The van der Waals surface area contributed by atoms with E-state index in [9.17, 15) is 9.59 Å². The Kier molecular flexibility index (Phi) is 4.68. The number of hydrogen-bond donors (Lipinski definition) is 2. The molecule has 114 valence electrons. The Morgan fingerprint density at radius 2 is 2.10 bits per heavy atom. The summed E-state index contributed by atoms with van der Waals surface area (Å²) in [5, 5.41) is 8.91. The summed E-state index contributed by atoms with van der Waals surface area (Å²) in [6.45, 7) is 3.93. The molecule has 1 aliphatic heterocycles. The second-order valence-electron chi connectivity index (χ2n) is 6.57. The summed E-state index contributed by atoms with van der Waals surface area (Å²) in [6, 6.07) is 0. The SMILES string of the molecule is CC(CC(=O)O)C1CCCN(C(=O)C2(CN)CCC2)C1. The molecule has 0 aromatic rings. The number of amides is 1. The van der Waals surface area contributed by atoms with E-state index in [2.05, 4.69) is 0 Å². The molecule has 0 bridgehead atoms. The zero-order valence-electron chi connectivity index (χ0n) is 12.3. The van der Waals surface area contributed by atoms with Crippen LogP contribution in [-0.2, 0) is 9.59 Å². The molecule has 1 amide bonds. The Labute approximate surface area is 120 Å². The van der Waals surface area contributed by atoms with Gasteiger partial charge in [-0.15, -0.1) is 0 Å². The molecule has 2 atom stereocenters. The van der Waals surface area contributed by atoms with E-state index in [0.29, 0.717) is 19.0 Å². The highest BCUT2D eigenvalue weighted by Crippen LogP contribution is 2.42. The van der Waals surface area contributed by atoms with Crippen LogP contribution in [0.3, 0.4) is 0 Å². The Bertz CT molecular complexity index is 374. The number of carbonyl (C=O) groups is 2. The molecule has 0 aromatic heterocycles. The quantitative estimate of drug-likeness (QED) is 0.799. The second kappa shape index (κ2) is 6.12. The van der Waals surface area contributed by atoms with Gasteiger partial charge < -0.3 is 15.7 Å². The van der Waals surface area contributed by atoms with Gasteiger partial charge in [0, 0.05) is 26.1 Å². The van der Waals surface area contributed by atoms with Crippen molar-refractivity contribution in [3.05, 3.63) is 0 Å². The van der Waals surface area contributed by atoms with Gasteiger partial charge in [-0.25, -0.2) is 0 Å². The molecule has 2 fully saturated rings. The van der Waals surface area contributed by atoms with Crippen molar-refractivity contribution < 1.29 is 14.7 Å². The largest absolute Gasteiger partial charge is 0.481 e. The molecule has 3 N–H and O–H groups in total. The van der Waals surface area contributed by atoms with Gasteiger partial charge in [-0.1, -0.05) is 13.3 Å². The monoisotopic (exact) mass is 282 g/mol. The summed E-state index contributed by atoms with van der Waals surface area (Å²) in [6.07, 6.45) is 5.10. The summed E-state index contributed by atoms with van der Waals surface area (Å²) >= 11 is 0. The zero-order chi connectivity index (χ0) is 14.8. The van der Waals surface area contributed by atoms with Gasteiger partial charge in [-0.3, -0.25) is 9.59 Å². The number of nitrogens with two attached hydrogens (primary N) is 1. The maximum absolute atomic E-state index is 12.7. The minimum Gasteiger partial charge on any atom is -0.481 e. The van der Waals surface area contributed by atoms with Crippen LogP contribution in [0.15, 0.2) is 0 Å². The number of carboxylic acid groups (broad SMARTS) is 1. The number of hydrogen-bond acceptors (Lipinski definition) is 3. The molecule has 0 spiro atoms. The molecule has 1 aliphatic carbocycles. The zero-order valence-corrected chi connectivity index (χ0v) is 12.3. The summed E-state index contributed by atoms with van der Waals surface area (Å²) in [4.78, 5) is 25.4. The van der Waals surface area contributed by atoms with Crippen LogP contribution in [0.2, 0.25) is 0 Å². The number of likely N-dealkylation sites (tertiary alicyclic amines) is 1. The molecular formula is C15H26N2O3. The van der Waals surface area contributed by atoms with E-state index in [1.807, 2.05) is 11.8 Å². The number of carboxylic acids is 1. The average Bonchev–Trinajstić information content (AvgIpc) is 2.37. The van der Waals surface area contributed by atoms with Crippen molar-refractivity contribution in [1.29, 1.82) is 0 Å². The van der Waals surface area contributed by atoms with E-state index in [0.717, 1.165) is 38.6 Å². The third-order valence-electron chi connectivity index (χ3n) is 5.20. The van der Waals surface area contributed by atoms with Crippen LogP contribution < -0.4 is 5.73 Å². The van der Waals surface area contributed by atoms with E-state index in [1.54, 1.807) is 0 Å². The number of carbonyl (C=O) groups excluding carboxylic acids is 1. The topological polar surface area (TPSA) is 83.6 Å². The molecule has 20 heavy (non-hydrogen) atoms. The van der Waals surface area contributed by atoms with E-state index in [4.69, 9.17) is 10.8 Å². The van der Waals surface area contributed by atoms with Crippen LogP contribution in [-0.4, -0.2) is 41.5 Å². The number of piperidine rings is 1. The number of nitrogens with zero attached hydrogens (tertiary/aromatic N) is 1. The maximum atomic E-state index is 12.7. The summed E-state index contributed by atoms with van der Waals surface area (Å²) < 4.78 is 0. The lowest BCUT2D eigenvalue weighted by Gasteiger charge is -2.45. The first-order valence-corrected chi connectivity index (χ1v) is 7.70. The summed E-state index contributed by atoms with van der Waals surface area (Å²) in [5.41, 5.74) is 5.50. The van der Waals surface area contributed by atoms with Crippen LogP contribution in [0, 0.1) is 17.3 Å². The first-order chi connectivity index (χ1) is 9.48. The van der Waals surface area contributed by atoms with E-state index >= 15 is 0 Å². The Balaban J connectivity index is 1.96. The van der Waals surface area contributed by atoms with Crippen molar-refractivity contribution in [2.75, 3.05) is 19.6 Å². The minimum absolute atomic E-state index is 0.123. The predicted molar refractivity (Wildman–Crippen MR) is 76.1 cm³/mol. The fourth-order valence-electron chi connectivity index (χ4n) is 3.55. The van der Waals surface area contributed by atoms with Gasteiger partial charge in [0.15, 0.2) is 0 Å². The van der Waals surface area contributed by atoms with E-state index < -0.39 is 5.97 Å². The molecule has 5 nitrogen and oxygen atoms in total. The fourth-order valence-corrected chi connectivity index (χ4v) is 3.55. The highest BCUT2D eigenvalue weighted by molar-refractivity contribution is 5.84. The van der Waals surface area contributed by atoms with Crippen molar-refractivity contribution in [2.24, 2.45) is 23.0 Å². The van der Waals surface area contributed by atoms with Gasteiger partial charge in [0.1, 0.15) is 0 Å². The van der Waals surface area contributed by atoms with Gasteiger partial charge >= 0.3 is 5.97 Å². The van der Waals surface area contributed by atoms with Crippen LogP contribution in [0.5, 0.6) is 0 Å². The van der Waals surface area contributed by atoms with E-state index in [1.165, 1.54) is 0 Å². The van der Waals surface area contributed by atoms with Crippen LogP contribution >= 0.6 is 0 Å². The molecule has 1 saturated heterocycles. The lowest BCUT2D eigenvalue weighted by Crippen LogP contribution is -2.54. The third kappa shape index (κ3) is 2.97. The highest BCUT2D eigenvalue weighted by Gasteiger charge is 2.46. The average molecular weight is 282 g/mol. The molecule has 2 aliphatic rings. The van der Waals surface area contributed by atoms with Crippen molar-refractivity contribution in [3.63, 3.8) is 0 Å². The molecule has 1 heterocycles. The lowest BCUT2D eigenvalue weighted by atomic mass is 9.67. The standard InChI is InChI=1S/C15H26N2O3/c1-11(8-13(18)19)12-4-2-7-17(9-12)14(20)15(10-16)5-3-6-15/h11-12H,2-10,16H2,1H3,(H,18,19). The van der Waals surface area contributed by atoms with Crippen molar-refractivity contribution in [2.45, 2.75) is 45.4 Å². The van der Waals surface area contributed by atoms with Gasteiger partial charge in [-0.05, 0) is 37.5 Å². The smallest absolute Gasteiger partial charge is 0.303 e. The molecule has 5 heteroatoms. The number of aliphatic carboxylic acids is 1. The first kappa shape index (κ1) is 15.3. The number of rotatable bonds is 5. The van der Waals surface area contributed by atoms with Gasteiger partial charge in [0.05, 0.1) is 5.41 Å². The highest BCUT2D eigenvalue weighted by atomic mass is 16.4. The Morgan fingerprint density at radius 1 is 1.40 bits per heavy atom. The Hall–Kier alpha value is -1.10. The second-order valence-corrected chi connectivity index (χ2v) is 6.57. The lowest BCUT2D eigenvalue weighted by molar-refractivity contribution is -0.149. The van der Waals surface area contributed by atoms with Gasteiger partial charge in [0.25, 0.3) is 0 Å². The minimum atomic E-state index is -0.752. The normalized spacial score (nSPS) is 26.7.